The Balaban J connectivity index is 2.15. The molecule has 1 N–H and O–H groups in total. The van der Waals surface area contributed by atoms with E-state index in [1.165, 1.54) is 18.5 Å². The molecule has 0 spiro atoms. The zero-order chi connectivity index (χ0) is 13.0. The fraction of sp³-hybridized carbons (Fsp3) is 0.231. The zero-order valence-electron chi connectivity index (χ0n) is 10.0. The maximum atomic E-state index is 12.2. The second kappa shape index (κ2) is 5.35. The number of pyridine rings is 1. The summed E-state index contributed by atoms with van der Waals surface area (Å²) in [6.07, 6.45) is 4.30. The number of aromatic nitrogens is 1. The minimum atomic E-state index is -0.183. The molecule has 2 heterocycles. The molecule has 18 heavy (non-hydrogen) atoms. The molecule has 0 saturated carbocycles. The standard InChI is InChI=1S/C13H14N2O3/c1-2-15(9-12-4-3-5-18-12)13(17)10-6-11(16)8-14-7-10/h3-8,16H,2,9H2,1H3. The van der Waals surface area contributed by atoms with Crippen molar-refractivity contribution in [3.63, 3.8) is 0 Å². The summed E-state index contributed by atoms with van der Waals surface area (Å²) in [6.45, 7) is 2.84. The molecule has 2 rings (SSSR count). The molecule has 0 radical (unpaired) electrons. The SMILES string of the molecule is CCN(Cc1ccco1)C(=O)c1cncc(O)c1. The van der Waals surface area contributed by atoms with Crippen molar-refractivity contribution >= 4 is 5.91 Å². The van der Waals surface area contributed by atoms with Crippen LogP contribution in [0.3, 0.4) is 0 Å². The fourth-order valence-electron chi connectivity index (χ4n) is 1.65. The van der Waals surface area contributed by atoms with Gasteiger partial charge in [0.1, 0.15) is 11.5 Å². The van der Waals surface area contributed by atoms with Gasteiger partial charge in [-0.05, 0) is 25.1 Å². The quantitative estimate of drug-likeness (QED) is 0.896. The molecule has 0 aliphatic heterocycles. The highest BCUT2D eigenvalue weighted by Gasteiger charge is 2.16. The highest BCUT2D eigenvalue weighted by atomic mass is 16.3. The van der Waals surface area contributed by atoms with Gasteiger partial charge < -0.3 is 14.4 Å². The minimum absolute atomic E-state index is 0.0186. The number of aromatic hydroxyl groups is 1. The number of hydrogen-bond donors (Lipinski definition) is 1. The van der Waals surface area contributed by atoms with Gasteiger partial charge in [-0.1, -0.05) is 0 Å². The number of carbonyl (C=O) groups is 1. The molecule has 0 atom stereocenters. The van der Waals surface area contributed by atoms with Crippen LogP contribution < -0.4 is 0 Å². The lowest BCUT2D eigenvalue weighted by Crippen LogP contribution is -2.30. The summed E-state index contributed by atoms with van der Waals surface area (Å²) in [7, 11) is 0. The van der Waals surface area contributed by atoms with Gasteiger partial charge in [0.05, 0.1) is 24.6 Å². The Morgan fingerprint density at radius 3 is 2.94 bits per heavy atom. The van der Waals surface area contributed by atoms with Crippen LogP contribution in [0.5, 0.6) is 5.75 Å². The molecule has 0 unspecified atom stereocenters. The molecule has 5 heteroatoms. The number of hydrogen-bond acceptors (Lipinski definition) is 4. The second-order valence-electron chi connectivity index (χ2n) is 3.83. The highest BCUT2D eigenvalue weighted by Crippen LogP contribution is 2.13. The predicted octanol–water partition coefficient (Wildman–Crippen LogP) is 2.04. The second-order valence-corrected chi connectivity index (χ2v) is 3.83. The van der Waals surface area contributed by atoms with Gasteiger partial charge in [0.25, 0.3) is 5.91 Å². The van der Waals surface area contributed by atoms with Crippen LogP contribution in [0.4, 0.5) is 0 Å². The zero-order valence-corrected chi connectivity index (χ0v) is 10.0. The minimum Gasteiger partial charge on any atom is -0.506 e. The van der Waals surface area contributed by atoms with Crippen molar-refractivity contribution in [2.75, 3.05) is 6.54 Å². The van der Waals surface area contributed by atoms with E-state index in [1.807, 2.05) is 13.0 Å². The van der Waals surface area contributed by atoms with Crippen molar-refractivity contribution < 1.29 is 14.3 Å². The number of nitrogens with zero attached hydrogens (tertiary/aromatic N) is 2. The van der Waals surface area contributed by atoms with E-state index < -0.39 is 0 Å². The molecule has 5 nitrogen and oxygen atoms in total. The first kappa shape index (κ1) is 12.2. The number of furan rings is 1. The van der Waals surface area contributed by atoms with Crippen LogP contribution in [0.25, 0.3) is 0 Å². The van der Waals surface area contributed by atoms with Gasteiger partial charge in [0.2, 0.25) is 0 Å². The number of amides is 1. The van der Waals surface area contributed by atoms with E-state index in [0.717, 1.165) is 5.76 Å². The highest BCUT2D eigenvalue weighted by molar-refractivity contribution is 5.94. The van der Waals surface area contributed by atoms with Crippen molar-refractivity contribution in [1.29, 1.82) is 0 Å². The van der Waals surface area contributed by atoms with Gasteiger partial charge in [-0.2, -0.15) is 0 Å². The first-order valence-electron chi connectivity index (χ1n) is 5.66. The van der Waals surface area contributed by atoms with E-state index in [-0.39, 0.29) is 11.7 Å². The first-order chi connectivity index (χ1) is 8.70. The van der Waals surface area contributed by atoms with Crippen molar-refractivity contribution in [1.82, 2.24) is 9.88 Å². The summed E-state index contributed by atoms with van der Waals surface area (Å²) in [5.74, 6) is 0.519. The van der Waals surface area contributed by atoms with Crippen LogP contribution >= 0.6 is 0 Å². The molecular formula is C13H14N2O3. The maximum absolute atomic E-state index is 12.2. The van der Waals surface area contributed by atoms with Crippen LogP contribution in [0, 0.1) is 0 Å². The number of carbonyl (C=O) groups excluding carboxylic acids is 1. The Bertz CT molecular complexity index is 523. The van der Waals surface area contributed by atoms with E-state index >= 15 is 0 Å². The molecule has 0 aliphatic rings. The average molecular weight is 246 g/mol. The van der Waals surface area contributed by atoms with Crippen molar-refractivity contribution in [3.05, 3.63) is 48.2 Å². The summed E-state index contributed by atoms with van der Waals surface area (Å²) < 4.78 is 5.22. The monoisotopic (exact) mass is 246 g/mol. The lowest BCUT2D eigenvalue weighted by molar-refractivity contribution is 0.0740. The lowest BCUT2D eigenvalue weighted by atomic mass is 10.2. The molecular weight excluding hydrogens is 232 g/mol. The normalized spacial score (nSPS) is 10.3. The van der Waals surface area contributed by atoms with Crippen molar-refractivity contribution in [2.24, 2.45) is 0 Å². The molecule has 0 aliphatic carbocycles. The fourth-order valence-corrected chi connectivity index (χ4v) is 1.65. The van der Waals surface area contributed by atoms with Gasteiger partial charge in [-0.3, -0.25) is 9.78 Å². The lowest BCUT2D eigenvalue weighted by Gasteiger charge is -2.19. The van der Waals surface area contributed by atoms with Crippen LogP contribution in [0.1, 0.15) is 23.0 Å². The molecule has 0 bridgehead atoms. The Hall–Kier alpha value is -2.30. The topological polar surface area (TPSA) is 66.6 Å². The van der Waals surface area contributed by atoms with Gasteiger partial charge >= 0.3 is 0 Å². The van der Waals surface area contributed by atoms with Crippen LogP contribution in [0.2, 0.25) is 0 Å². The van der Waals surface area contributed by atoms with Crippen molar-refractivity contribution in [2.45, 2.75) is 13.5 Å². The van der Waals surface area contributed by atoms with Crippen molar-refractivity contribution in [3.8, 4) is 5.75 Å². The van der Waals surface area contributed by atoms with Gasteiger partial charge in [-0.15, -0.1) is 0 Å². The molecule has 2 aromatic rings. The number of rotatable bonds is 4. The molecule has 2 aromatic heterocycles. The van der Waals surface area contributed by atoms with Crippen LogP contribution in [-0.4, -0.2) is 27.4 Å². The summed E-state index contributed by atoms with van der Waals surface area (Å²) in [5, 5.41) is 9.32. The molecule has 94 valence electrons. The first-order valence-corrected chi connectivity index (χ1v) is 5.66. The van der Waals surface area contributed by atoms with E-state index in [0.29, 0.717) is 18.7 Å². The third-order valence-electron chi connectivity index (χ3n) is 2.57. The van der Waals surface area contributed by atoms with E-state index in [2.05, 4.69) is 4.98 Å². The van der Waals surface area contributed by atoms with Gasteiger partial charge in [0.15, 0.2) is 0 Å². The Labute approximate surface area is 105 Å². The predicted molar refractivity (Wildman–Crippen MR) is 65.0 cm³/mol. The smallest absolute Gasteiger partial charge is 0.255 e. The Morgan fingerprint density at radius 1 is 1.50 bits per heavy atom. The summed E-state index contributed by atoms with van der Waals surface area (Å²) in [6, 6.07) is 5.00. The third kappa shape index (κ3) is 2.68. The molecule has 0 aromatic carbocycles. The van der Waals surface area contributed by atoms with E-state index in [4.69, 9.17) is 4.42 Å². The Kier molecular flexibility index (Phi) is 3.62. The largest absolute Gasteiger partial charge is 0.506 e. The van der Waals surface area contributed by atoms with Crippen LogP contribution in [-0.2, 0) is 6.54 Å². The van der Waals surface area contributed by atoms with E-state index in [9.17, 15) is 9.90 Å². The maximum Gasteiger partial charge on any atom is 0.255 e. The van der Waals surface area contributed by atoms with Gasteiger partial charge in [-0.25, -0.2) is 0 Å². The summed E-state index contributed by atoms with van der Waals surface area (Å²) in [5.41, 5.74) is 0.364. The Morgan fingerprint density at radius 2 is 2.33 bits per heavy atom. The molecule has 1 amide bonds. The summed E-state index contributed by atoms with van der Waals surface area (Å²) >= 11 is 0. The van der Waals surface area contributed by atoms with Crippen LogP contribution in [0.15, 0.2) is 41.3 Å². The molecule has 0 saturated heterocycles. The summed E-state index contributed by atoms with van der Waals surface area (Å²) in [4.78, 5) is 17.6. The third-order valence-corrected chi connectivity index (χ3v) is 2.57. The van der Waals surface area contributed by atoms with E-state index in [1.54, 1.807) is 17.2 Å². The average Bonchev–Trinajstić information content (AvgIpc) is 2.88. The van der Waals surface area contributed by atoms with Gasteiger partial charge in [0, 0.05) is 12.7 Å². The molecule has 0 fully saturated rings.